The predicted molar refractivity (Wildman–Crippen MR) is 77.4 cm³/mol. The summed E-state index contributed by atoms with van der Waals surface area (Å²) in [6, 6.07) is -0.416. The van der Waals surface area contributed by atoms with Crippen molar-refractivity contribution in [3.63, 3.8) is 0 Å². The van der Waals surface area contributed by atoms with Crippen LogP contribution in [0.25, 0.3) is 0 Å². The van der Waals surface area contributed by atoms with Crippen LogP contribution in [0, 0.1) is 5.41 Å². The first kappa shape index (κ1) is 17.7. The normalized spacial score (nSPS) is 22.3. The average molecular weight is 321 g/mol. The molecule has 0 saturated carbocycles. The Morgan fingerprint density at radius 2 is 2.05 bits per heavy atom. The Kier molecular flexibility index (Phi) is 5.97. The molecule has 8 nitrogen and oxygen atoms in total. The molecule has 1 aliphatic heterocycles. The van der Waals surface area contributed by atoms with Gasteiger partial charge in [0.2, 0.25) is 10.0 Å². The monoisotopic (exact) mass is 321 g/mol. The minimum absolute atomic E-state index is 0.00758. The number of rotatable bonds is 7. The molecule has 9 heteroatoms. The third kappa shape index (κ3) is 4.57. The van der Waals surface area contributed by atoms with Crippen molar-refractivity contribution in [2.24, 2.45) is 5.41 Å². The zero-order chi connectivity index (χ0) is 16.1. The van der Waals surface area contributed by atoms with E-state index in [1.165, 1.54) is 11.9 Å². The van der Waals surface area contributed by atoms with E-state index >= 15 is 0 Å². The van der Waals surface area contributed by atoms with Crippen molar-refractivity contribution in [3.8, 4) is 0 Å². The minimum atomic E-state index is -3.36. The van der Waals surface area contributed by atoms with Crippen molar-refractivity contribution in [3.05, 3.63) is 0 Å². The largest absolute Gasteiger partial charge is 0.481 e. The van der Waals surface area contributed by atoms with Crippen LogP contribution in [-0.2, 0) is 14.8 Å². The zero-order valence-electron chi connectivity index (χ0n) is 12.4. The van der Waals surface area contributed by atoms with Crippen molar-refractivity contribution < 1.29 is 23.1 Å². The molecular weight excluding hydrogens is 298 g/mol. The number of aliphatic carboxylic acids is 1. The Labute approximate surface area is 124 Å². The quantitative estimate of drug-likeness (QED) is 0.601. The number of carboxylic acids is 1. The van der Waals surface area contributed by atoms with Gasteiger partial charge in [-0.1, -0.05) is 13.3 Å². The highest BCUT2D eigenvalue weighted by molar-refractivity contribution is 7.89. The highest BCUT2D eigenvalue weighted by Crippen LogP contribution is 2.35. The number of hydrogen-bond donors (Lipinski definition) is 3. The maximum Gasteiger partial charge on any atom is 0.317 e. The Morgan fingerprint density at radius 1 is 1.38 bits per heavy atom. The fourth-order valence-corrected chi connectivity index (χ4v) is 3.09. The van der Waals surface area contributed by atoms with Crippen molar-refractivity contribution in [1.29, 1.82) is 0 Å². The van der Waals surface area contributed by atoms with Crippen LogP contribution in [0.15, 0.2) is 0 Å². The SMILES string of the molecule is CCCC1(C(=O)O)CCN(C(=O)NCCS(=O)(=O)NC)C1. The molecular formula is C12H23N3O5S. The topological polar surface area (TPSA) is 116 Å². The molecule has 1 aliphatic rings. The summed E-state index contributed by atoms with van der Waals surface area (Å²) in [5.74, 6) is -1.08. The first-order valence-electron chi connectivity index (χ1n) is 6.94. The van der Waals surface area contributed by atoms with E-state index in [9.17, 15) is 23.1 Å². The molecule has 0 aliphatic carbocycles. The second-order valence-corrected chi connectivity index (χ2v) is 7.31. The van der Waals surface area contributed by atoms with E-state index in [-0.39, 0.29) is 18.8 Å². The van der Waals surface area contributed by atoms with E-state index in [0.717, 1.165) is 6.42 Å². The Morgan fingerprint density at radius 3 is 2.57 bits per heavy atom. The summed E-state index contributed by atoms with van der Waals surface area (Å²) < 4.78 is 24.6. The minimum Gasteiger partial charge on any atom is -0.481 e. The lowest BCUT2D eigenvalue weighted by atomic mass is 9.83. The van der Waals surface area contributed by atoms with Gasteiger partial charge in [0.15, 0.2) is 0 Å². The maximum absolute atomic E-state index is 11.9. The molecule has 0 aromatic rings. The molecule has 0 spiro atoms. The number of carboxylic acid groups (broad SMARTS) is 1. The van der Waals surface area contributed by atoms with Crippen LogP contribution >= 0.6 is 0 Å². The molecule has 2 amide bonds. The summed E-state index contributed by atoms with van der Waals surface area (Å²) >= 11 is 0. The summed E-state index contributed by atoms with van der Waals surface area (Å²) in [6.45, 7) is 2.44. The van der Waals surface area contributed by atoms with Crippen LogP contribution in [0.2, 0.25) is 0 Å². The molecule has 1 atom stereocenters. The van der Waals surface area contributed by atoms with E-state index in [4.69, 9.17) is 0 Å². The van der Waals surface area contributed by atoms with Gasteiger partial charge in [-0.25, -0.2) is 17.9 Å². The van der Waals surface area contributed by atoms with Crippen molar-refractivity contribution in [1.82, 2.24) is 14.9 Å². The number of likely N-dealkylation sites (tertiary alicyclic amines) is 1. The maximum atomic E-state index is 11.9. The second-order valence-electron chi connectivity index (χ2n) is 5.26. The van der Waals surface area contributed by atoms with Gasteiger partial charge in [-0.05, 0) is 19.9 Å². The molecule has 0 radical (unpaired) electrons. The summed E-state index contributed by atoms with van der Waals surface area (Å²) in [5, 5.41) is 11.9. The summed E-state index contributed by atoms with van der Waals surface area (Å²) in [7, 11) is -2.05. The number of carbonyl (C=O) groups excluding carboxylic acids is 1. The molecule has 0 bridgehead atoms. The standard InChI is InChI=1S/C12H23N3O5S/c1-3-4-12(10(16)17)5-7-15(9-12)11(18)14-6-8-21(19,20)13-2/h13H,3-9H2,1-2H3,(H,14,18)(H,16,17). The summed E-state index contributed by atoms with van der Waals surface area (Å²) in [5.41, 5.74) is -0.872. The molecule has 1 saturated heterocycles. The highest BCUT2D eigenvalue weighted by atomic mass is 32.2. The number of nitrogens with zero attached hydrogens (tertiary/aromatic N) is 1. The molecule has 0 aromatic carbocycles. The van der Waals surface area contributed by atoms with Gasteiger partial charge in [0.25, 0.3) is 0 Å². The third-order valence-electron chi connectivity index (χ3n) is 3.78. The first-order valence-corrected chi connectivity index (χ1v) is 8.59. The smallest absolute Gasteiger partial charge is 0.317 e. The van der Waals surface area contributed by atoms with Gasteiger partial charge in [-0.2, -0.15) is 0 Å². The van der Waals surface area contributed by atoms with Gasteiger partial charge in [-0.3, -0.25) is 4.79 Å². The number of amides is 2. The molecule has 1 fully saturated rings. The van der Waals surface area contributed by atoms with Crippen LogP contribution in [0.5, 0.6) is 0 Å². The van der Waals surface area contributed by atoms with Crippen molar-refractivity contribution >= 4 is 22.0 Å². The molecule has 21 heavy (non-hydrogen) atoms. The second kappa shape index (κ2) is 7.08. The Balaban J connectivity index is 2.52. The number of sulfonamides is 1. The van der Waals surface area contributed by atoms with Crippen molar-refractivity contribution in [2.75, 3.05) is 32.4 Å². The van der Waals surface area contributed by atoms with Gasteiger partial charge >= 0.3 is 12.0 Å². The van der Waals surface area contributed by atoms with Crippen molar-refractivity contribution in [2.45, 2.75) is 26.2 Å². The van der Waals surface area contributed by atoms with Crippen LogP contribution in [0.1, 0.15) is 26.2 Å². The van der Waals surface area contributed by atoms with Crippen LogP contribution < -0.4 is 10.0 Å². The zero-order valence-corrected chi connectivity index (χ0v) is 13.2. The molecule has 1 heterocycles. The van der Waals surface area contributed by atoms with E-state index in [1.54, 1.807) is 0 Å². The van der Waals surface area contributed by atoms with Gasteiger partial charge in [-0.15, -0.1) is 0 Å². The summed E-state index contributed by atoms with van der Waals surface area (Å²) in [6.07, 6.45) is 1.70. The lowest BCUT2D eigenvalue weighted by Gasteiger charge is -2.24. The highest BCUT2D eigenvalue weighted by Gasteiger charge is 2.45. The molecule has 1 unspecified atom stereocenters. The fraction of sp³-hybridized carbons (Fsp3) is 0.833. The fourth-order valence-electron chi connectivity index (χ4n) is 2.52. The summed E-state index contributed by atoms with van der Waals surface area (Å²) in [4.78, 5) is 24.8. The molecule has 122 valence electrons. The first-order chi connectivity index (χ1) is 9.76. The number of hydrogen-bond acceptors (Lipinski definition) is 4. The molecule has 1 rings (SSSR count). The number of carbonyl (C=O) groups is 2. The van der Waals surface area contributed by atoms with Gasteiger partial charge in [0.05, 0.1) is 11.2 Å². The predicted octanol–water partition coefficient (Wildman–Crippen LogP) is -0.178. The Hall–Kier alpha value is -1.35. The lowest BCUT2D eigenvalue weighted by molar-refractivity contribution is -0.148. The van der Waals surface area contributed by atoms with Gasteiger partial charge in [0, 0.05) is 19.6 Å². The van der Waals surface area contributed by atoms with Gasteiger partial charge in [0.1, 0.15) is 0 Å². The Bertz CT molecular complexity index is 493. The number of urea groups is 1. The lowest BCUT2D eigenvalue weighted by Crippen LogP contribution is -2.43. The van der Waals surface area contributed by atoms with Crippen LogP contribution in [-0.4, -0.2) is 62.9 Å². The van der Waals surface area contributed by atoms with E-state index < -0.39 is 27.4 Å². The molecule has 0 aromatic heterocycles. The van der Waals surface area contributed by atoms with E-state index in [2.05, 4.69) is 10.0 Å². The average Bonchev–Trinajstić information content (AvgIpc) is 2.84. The third-order valence-corrected chi connectivity index (χ3v) is 5.14. The number of nitrogens with one attached hydrogen (secondary N) is 2. The van der Waals surface area contributed by atoms with Crippen LogP contribution in [0.4, 0.5) is 4.79 Å². The van der Waals surface area contributed by atoms with Crippen LogP contribution in [0.3, 0.4) is 0 Å². The van der Waals surface area contributed by atoms with E-state index in [1.807, 2.05) is 6.92 Å². The molecule has 3 N–H and O–H groups in total. The van der Waals surface area contributed by atoms with E-state index in [0.29, 0.717) is 19.4 Å². The van der Waals surface area contributed by atoms with Gasteiger partial charge < -0.3 is 15.3 Å².